The highest BCUT2D eigenvalue weighted by Gasteiger charge is 2.69. The smallest absolute Gasteiger partial charge is 0.410 e. The Kier molecular flexibility index (Phi) is 2.47. The van der Waals surface area contributed by atoms with Crippen molar-refractivity contribution in [2.45, 2.75) is 51.8 Å². The van der Waals surface area contributed by atoms with Gasteiger partial charge in [-0.2, -0.15) is 0 Å². The van der Waals surface area contributed by atoms with Crippen molar-refractivity contribution >= 4 is 6.09 Å². The summed E-state index contributed by atoms with van der Waals surface area (Å²) in [5, 5.41) is 0. The number of fused-ring (bicyclic) bond motifs is 5. The fourth-order valence-corrected chi connectivity index (χ4v) is 4.44. The molecule has 1 heterocycles. The van der Waals surface area contributed by atoms with Gasteiger partial charge >= 0.3 is 6.09 Å². The summed E-state index contributed by atoms with van der Waals surface area (Å²) in [5.74, 6) is 2.93. The third-order valence-corrected chi connectivity index (χ3v) is 5.02. The molecule has 102 valence electrons. The van der Waals surface area contributed by atoms with Gasteiger partial charge in [-0.1, -0.05) is 6.92 Å². The molecule has 0 aromatic rings. The Balaban J connectivity index is 1.78. The van der Waals surface area contributed by atoms with Gasteiger partial charge < -0.3 is 15.4 Å². The number of rotatable bonds is 1. The van der Waals surface area contributed by atoms with Crippen molar-refractivity contribution < 1.29 is 9.53 Å². The summed E-state index contributed by atoms with van der Waals surface area (Å²) >= 11 is 0. The highest BCUT2D eigenvalue weighted by Crippen LogP contribution is 2.66. The number of nitrogens with two attached hydrogens (primary N) is 1. The minimum absolute atomic E-state index is 0.164. The van der Waals surface area contributed by atoms with Crippen LogP contribution < -0.4 is 5.73 Å². The number of piperidine rings is 1. The van der Waals surface area contributed by atoms with E-state index in [0.717, 1.165) is 18.3 Å². The Hall–Kier alpha value is -0.770. The van der Waals surface area contributed by atoms with Crippen molar-refractivity contribution in [1.82, 2.24) is 4.90 Å². The van der Waals surface area contributed by atoms with Crippen LogP contribution in [-0.2, 0) is 4.74 Å². The number of carbonyl (C=O) groups excluding carboxylic acids is 1. The monoisotopic (exact) mass is 252 g/mol. The Morgan fingerprint density at radius 2 is 2.06 bits per heavy atom. The molecule has 2 aliphatic carbocycles. The quantitative estimate of drug-likeness (QED) is 0.774. The Morgan fingerprint density at radius 1 is 1.39 bits per heavy atom. The topological polar surface area (TPSA) is 55.6 Å². The maximum Gasteiger partial charge on any atom is 0.410 e. The highest BCUT2D eigenvalue weighted by atomic mass is 16.6. The molecule has 2 saturated carbocycles. The molecule has 6 atom stereocenters. The van der Waals surface area contributed by atoms with Crippen LogP contribution >= 0.6 is 0 Å². The van der Waals surface area contributed by atoms with Crippen molar-refractivity contribution in [3.8, 4) is 0 Å². The molecular weight excluding hydrogens is 228 g/mol. The normalized spacial score (nSPS) is 45.1. The highest BCUT2D eigenvalue weighted by molar-refractivity contribution is 5.70. The SMILES string of the molecule is CC1C2C3CC(C12)N(C(=O)OC(C)(C)C)C3CN. The molecule has 3 aliphatic rings. The second kappa shape index (κ2) is 3.62. The maximum atomic E-state index is 12.3. The minimum atomic E-state index is -0.424. The molecule has 3 rings (SSSR count). The predicted molar refractivity (Wildman–Crippen MR) is 69.0 cm³/mol. The summed E-state index contributed by atoms with van der Waals surface area (Å²) in [5.41, 5.74) is 5.47. The average Bonchev–Trinajstić information content (AvgIpc) is 2.68. The second-order valence-corrected chi connectivity index (χ2v) is 7.17. The van der Waals surface area contributed by atoms with Gasteiger partial charge in [0.15, 0.2) is 0 Å². The van der Waals surface area contributed by atoms with E-state index in [-0.39, 0.29) is 12.1 Å². The molecule has 4 heteroatoms. The van der Waals surface area contributed by atoms with Crippen molar-refractivity contribution in [1.29, 1.82) is 0 Å². The van der Waals surface area contributed by atoms with Crippen LogP contribution in [0, 0.1) is 23.7 Å². The van der Waals surface area contributed by atoms with E-state index in [1.807, 2.05) is 25.7 Å². The lowest BCUT2D eigenvalue weighted by molar-refractivity contribution is 0.00714. The van der Waals surface area contributed by atoms with Crippen LogP contribution in [0.1, 0.15) is 34.1 Å². The van der Waals surface area contributed by atoms with Gasteiger partial charge in [-0.25, -0.2) is 4.79 Å². The third kappa shape index (κ3) is 1.58. The molecule has 2 N–H and O–H groups in total. The lowest BCUT2D eigenvalue weighted by atomic mass is 9.95. The number of likely N-dealkylation sites (tertiary alicyclic amines) is 1. The van der Waals surface area contributed by atoms with E-state index < -0.39 is 5.60 Å². The van der Waals surface area contributed by atoms with Gasteiger partial charge in [0.05, 0.1) is 6.04 Å². The molecule has 6 unspecified atom stereocenters. The molecule has 3 fully saturated rings. The van der Waals surface area contributed by atoms with Gasteiger partial charge in [0.2, 0.25) is 0 Å². The zero-order chi connectivity index (χ0) is 13.2. The van der Waals surface area contributed by atoms with E-state index in [0.29, 0.717) is 24.4 Å². The molecule has 4 nitrogen and oxygen atoms in total. The first-order chi connectivity index (χ1) is 8.35. The summed E-state index contributed by atoms with van der Waals surface area (Å²) in [6.45, 7) is 8.62. The van der Waals surface area contributed by atoms with Crippen molar-refractivity contribution in [2.75, 3.05) is 6.54 Å². The first-order valence-electron chi connectivity index (χ1n) is 7.06. The van der Waals surface area contributed by atoms with E-state index >= 15 is 0 Å². The van der Waals surface area contributed by atoms with Crippen LogP contribution in [0.3, 0.4) is 0 Å². The number of hydrogen-bond donors (Lipinski definition) is 1. The van der Waals surface area contributed by atoms with Crippen molar-refractivity contribution in [2.24, 2.45) is 29.4 Å². The van der Waals surface area contributed by atoms with Crippen LogP contribution in [-0.4, -0.2) is 35.2 Å². The van der Waals surface area contributed by atoms with E-state index in [2.05, 4.69) is 6.92 Å². The van der Waals surface area contributed by atoms with Gasteiger partial charge in [0, 0.05) is 12.6 Å². The maximum absolute atomic E-state index is 12.3. The zero-order valence-corrected chi connectivity index (χ0v) is 11.7. The third-order valence-electron chi connectivity index (χ3n) is 5.02. The number of carbonyl (C=O) groups is 1. The van der Waals surface area contributed by atoms with Gasteiger partial charge in [0.25, 0.3) is 0 Å². The zero-order valence-electron chi connectivity index (χ0n) is 11.7. The molecule has 0 aromatic heterocycles. The Labute approximate surface area is 109 Å². The molecule has 18 heavy (non-hydrogen) atoms. The van der Waals surface area contributed by atoms with Gasteiger partial charge in [-0.05, 0) is 50.9 Å². The Bertz CT molecular complexity index is 374. The molecule has 1 aliphatic heterocycles. The first kappa shape index (κ1) is 12.3. The summed E-state index contributed by atoms with van der Waals surface area (Å²) in [6, 6.07) is 0.592. The average molecular weight is 252 g/mol. The van der Waals surface area contributed by atoms with E-state index in [9.17, 15) is 4.79 Å². The first-order valence-corrected chi connectivity index (χ1v) is 7.06. The molecule has 1 amide bonds. The number of amides is 1. The van der Waals surface area contributed by atoms with Crippen LogP contribution in [0.15, 0.2) is 0 Å². The predicted octanol–water partition coefficient (Wildman–Crippen LogP) is 1.83. The van der Waals surface area contributed by atoms with Gasteiger partial charge in [-0.3, -0.25) is 0 Å². The minimum Gasteiger partial charge on any atom is -0.444 e. The van der Waals surface area contributed by atoms with Crippen LogP contribution in [0.5, 0.6) is 0 Å². The van der Waals surface area contributed by atoms with Gasteiger partial charge in [0.1, 0.15) is 5.60 Å². The lowest BCUT2D eigenvalue weighted by Crippen LogP contribution is -2.51. The second-order valence-electron chi connectivity index (χ2n) is 7.17. The molecule has 1 saturated heterocycles. The molecule has 0 radical (unpaired) electrons. The standard InChI is InChI=1S/C14H24N2O2/c1-7-11-8-5-9(12(7)11)16(10(8)6-15)13(17)18-14(2,3)4/h7-12H,5-6,15H2,1-4H3. The lowest BCUT2D eigenvalue weighted by Gasteiger charge is -2.35. The molecule has 0 spiro atoms. The number of nitrogens with zero attached hydrogens (tertiary/aromatic N) is 1. The van der Waals surface area contributed by atoms with Gasteiger partial charge in [-0.15, -0.1) is 0 Å². The van der Waals surface area contributed by atoms with Crippen molar-refractivity contribution in [3.05, 3.63) is 0 Å². The van der Waals surface area contributed by atoms with Crippen molar-refractivity contribution in [3.63, 3.8) is 0 Å². The summed E-state index contributed by atoms with van der Waals surface area (Å²) in [6.07, 6.45) is 0.976. The van der Waals surface area contributed by atoms with Crippen LogP contribution in [0.25, 0.3) is 0 Å². The van der Waals surface area contributed by atoms with Crippen LogP contribution in [0.4, 0.5) is 4.79 Å². The summed E-state index contributed by atoms with van der Waals surface area (Å²) in [7, 11) is 0. The summed E-state index contributed by atoms with van der Waals surface area (Å²) in [4.78, 5) is 14.3. The fourth-order valence-electron chi connectivity index (χ4n) is 4.44. The Morgan fingerprint density at radius 3 is 2.61 bits per heavy atom. The number of hydrogen-bond acceptors (Lipinski definition) is 3. The summed E-state index contributed by atoms with van der Waals surface area (Å²) < 4.78 is 5.54. The van der Waals surface area contributed by atoms with E-state index in [1.54, 1.807) is 0 Å². The fraction of sp³-hybridized carbons (Fsp3) is 0.929. The van der Waals surface area contributed by atoms with E-state index in [1.165, 1.54) is 0 Å². The molecule has 0 aromatic carbocycles. The number of ether oxygens (including phenoxy) is 1. The molecular formula is C14H24N2O2. The van der Waals surface area contributed by atoms with E-state index in [4.69, 9.17) is 10.5 Å². The van der Waals surface area contributed by atoms with Crippen LogP contribution in [0.2, 0.25) is 0 Å². The largest absolute Gasteiger partial charge is 0.444 e. The molecule has 2 bridgehead atoms.